The summed E-state index contributed by atoms with van der Waals surface area (Å²) in [4.78, 5) is 17.5. The number of nitrogens with zero attached hydrogens (tertiary/aromatic N) is 4. The van der Waals surface area contributed by atoms with E-state index in [4.69, 9.17) is 0 Å². The second-order valence-electron chi connectivity index (χ2n) is 6.66. The highest BCUT2D eigenvalue weighted by atomic mass is 32.2. The lowest BCUT2D eigenvalue weighted by molar-refractivity contribution is 0.602. The van der Waals surface area contributed by atoms with Crippen LogP contribution >= 0.6 is 0 Å². The molecule has 0 bridgehead atoms. The van der Waals surface area contributed by atoms with Crippen molar-refractivity contribution in [1.29, 1.82) is 0 Å². The third-order valence-electron chi connectivity index (χ3n) is 4.29. The summed E-state index contributed by atoms with van der Waals surface area (Å²) >= 11 is 0. The van der Waals surface area contributed by atoms with Gasteiger partial charge in [0.05, 0.1) is 16.8 Å². The molecular weight excluding hydrogens is 398 g/mol. The maximum absolute atomic E-state index is 11.6. The van der Waals surface area contributed by atoms with Gasteiger partial charge in [-0.3, -0.25) is 4.98 Å². The fourth-order valence-electron chi connectivity index (χ4n) is 2.75. The van der Waals surface area contributed by atoms with Gasteiger partial charge >= 0.3 is 0 Å². The molecule has 0 saturated carbocycles. The quantitative estimate of drug-likeness (QED) is 0.513. The number of fused-ring (bicyclic) bond motifs is 1. The summed E-state index contributed by atoms with van der Waals surface area (Å²) in [6.45, 7) is 1.87. The summed E-state index contributed by atoms with van der Waals surface area (Å²) in [5.41, 5.74) is 2.72. The Bertz CT molecular complexity index is 1390. The molecule has 0 aliphatic rings. The summed E-state index contributed by atoms with van der Waals surface area (Å²) in [5.74, 6) is 6.64. The van der Waals surface area contributed by atoms with Crippen LogP contribution in [0.1, 0.15) is 17.1 Å². The van der Waals surface area contributed by atoms with Gasteiger partial charge in [0, 0.05) is 41.3 Å². The highest BCUT2D eigenvalue weighted by Gasteiger charge is 2.07. The standard InChI is InChI=1S/C22H17N5O2S/c1-15-12-25-18(14-24-15)5-8-21-20-11-22(26-13-16(20)9-10-23-21)27-17-3-6-19(7-4-17)30(2,28)29/h3-4,6-7,9-14H,1-2H3,(H,26,27). The van der Waals surface area contributed by atoms with Crippen LogP contribution in [0.3, 0.4) is 0 Å². The number of nitrogens with one attached hydrogen (secondary N) is 1. The highest BCUT2D eigenvalue weighted by molar-refractivity contribution is 7.90. The van der Waals surface area contributed by atoms with Crippen LogP contribution in [0.5, 0.6) is 0 Å². The van der Waals surface area contributed by atoms with E-state index in [1.807, 2.05) is 19.1 Å². The number of rotatable bonds is 3. The molecule has 3 aromatic heterocycles. The number of benzene rings is 1. The van der Waals surface area contributed by atoms with E-state index < -0.39 is 9.84 Å². The van der Waals surface area contributed by atoms with Gasteiger partial charge in [0.2, 0.25) is 0 Å². The van der Waals surface area contributed by atoms with Crippen molar-refractivity contribution in [2.45, 2.75) is 11.8 Å². The minimum absolute atomic E-state index is 0.264. The second-order valence-corrected chi connectivity index (χ2v) is 8.68. The van der Waals surface area contributed by atoms with E-state index in [2.05, 4.69) is 37.1 Å². The summed E-state index contributed by atoms with van der Waals surface area (Å²) in [7, 11) is -3.24. The van der Waals surface area contributed by atoms with Crippen molar-refractivity contribution in [3.05, 3.63) is 78.3 Å². The van der Waals surface area contributed by atoms with E-state index in [1.54, 1.807) is 49.1 Å². The minimum Gasteiger partial charge on any atom is -0.340 e. The predicted molar refractivity (Wildman–Crippen MR) is 115 cm³/mol. The molecule has 1 N–H and O–H groups in total. The van der Waals surface area contributed by atoms with Crippen LogP contribution in [0.25, 0.3) is 10.8 Å². The molecule has 0 amide bonds. The first-order chi connectivity index (χ1) is 14.4. The lowest BCUT2D eigenvalue weighted by Gasteiger charge is -2.08. The normalized spacial score (nSPS) is 11.0. The zero-order chi connectivity index (χ0) is 21.1. The van der Waals surface area contributed by atoms with Gasteiger partial charge in [-0.1, -0.05) is 0 Å². The molecule has 0 unspecified atom stereocenters. The van der Waals surface area contributed by atoms with Gasteiger partial charge in [-0.05, 0) is 55.2 Å². The zero-order valence-electron chi connectivity index (χ0n) is 16.3. The Morgan fingerprint density at radius 1 is 0.900 bits per heavy atom. The van der Waals surface area contributed by atoms with Gasteiger partial charge in [0.1, 0.15) is 17.2 Å². The van der Waals surface area contributed by atoms with Crippen molar-refractivity contribution in [3.63, 3.8) is 0 Å². The van der Waals surface area contributed by atoms with Crippen LogP contribution in [0.15, 0.2) is 66.1 Å². The predicted octanol–water partition coefficient (Wildman–Crippen LogP) is 3.28. The van der Waals surface area contributed by atoms with E-state index in [9.17, 15) is 8.42 Å². The Labute approximate surface area is 174 Å². The van der Waals surface area contributed by atoms with Gasteiger partial charge in [-0.2, -0.15) is 0 Å². The van der Waals surface area contributed by atoms with Gasteiger partial charge in [-0.15, -0.1) is 0 Å². The number of hydrogen-bond acceptors (Lipinski definition) is 7. The fourth-order valence-corrected chi connectivity index (χ4v) is 3.38. The Kier molecular flexibility index (Phi) is 5.12. The largest absolute Gasteiger partial charge is 0.340 e. The Morgan fingerprint density at radius 2 is 1.70 bits per heavy atom. The van der Waals surface area contributed by atoms with E-state index >= 15 is 0 Å². The average Bonchev–Trinajstić information content (AvgIpc) is 2.73. The van der Waals surface area contributed by atoms with Crippen LogP contribution in [-0.2, 0) is 9.84 Å². The van der Waals surface area contributed by atoms with Gasteiger partial charge in [0.15, 0.2) is 9.84 Å². The molecule has 4 rings (SSSR count). The van der Waals surface area contributed by atoms with Gasteiger partial charge in [-0.25, -0.2) is 23.4 Å². The van der Waals surface area contributed by atoms with Crippen molar-refractivity contribution in [3.8, 4) is 11.8 Å². The molecule has 0 saturated heterocycles. The fraction of sp³-hybridized carbons (Fsp3) is 0.0909. The van der Waals surface area contributed by atoms with Crippen molar-refractivity contribution < 1.29 is 8.42 Å². The molecule has 0 fully saturated rings. The van der Waals surface area contributed by atoms with E-state index in [0.717, 1.165) is 22.2 Å². The molecule has 8 heteroatoms. The summed E-state index contributed by atoms with van der Waals surface area (Å²) in [6, 6.07) is 10.2. The van der Waals surface area contributed by atoms with E-state index in [1.165, 1.54) is 6.26 Å². The number of sulfone groups is 1. The molecule has 1 aromatic carbocycles. The van der Waals surface area contributed by atoms with Crippen LogP contribution in [-0.4, -0.2) is 34.6 Å². The smallest absolute Gasteiger partial charge is 0.175 e. The van der Waals surface area contributed by atoms with E-state index in [-0.39, 0.29) is 4.90 Å². The Balaban J connectivity index is 1.65. The monoisotopic (exact) mass is 415 g/mol. The van der Waals surface area contributed by atoms with Gasteiger partial charge in [0.25, 0.3) is 0 Å². The molecule has 3 heterocycles. The van der Waals surface area contributed by atoms with Crippen LogP contribution < -0.4 is 5.32 Å². The third-order valence-corrected chi connectivity index (χ3v) is 5.42. The van der Waals surface area contributed by atoms with E-state index in [0.29, 0.717) is 17.2 Å². The first-order valence-corrected chi connectivity index (χ1v) is 10.9. The molecule has 7 nitrogen and oxygen atoms in total. The number of anilines is 2. The summed E-state index contributed by atoms with van der Waals surface area (Å²) in [6.07, 6.45) is 7.90. The summed E-state index contributed by atoms with van der Waals surface area (Å²) < 4.78 is 23.2. The number of hydrogen-bond donors (Lipinski definition) is 1. The Morgan fingerprint density at radius 3 is 2.40 bits per heavy atom. The van der Waals surface area contributed by atoms with Crippen molar-refractivity contribution >= 4 is 32.1 Å². The second kappa shape index (κ2) is 7.89. The highest BCUT2D eigenvalue weighted by Crippen LogP contribution is 2.22. The van der Waals surface area contributed by atoms with Crippen molar-refractivity contribution in [2.24, 2.45) is 0 Å². The molecular formula is C22H17N5O2S. The molecule has 4 aromatic rings. The van der Waals surface area contributed by atoms with Crippen molar-refractivity contribution in [1.82, 2.24) is 19.9 Å². The maximum atomic E-state index is 11.6. The summed E-state index contributed by atoms with van der Waals surface area (Å²) in [5, 5.41) is 4.93. The van der Waals surface area contributed by atoms with Gasteiger partial charge < -0.3 is 5.32 Å². The molecule has 30 heavy (non-hydrogen) atoms. The molecule has 0 radical (unpaired) electrons. The molecule has 0 aliphatic heterocycles. The number of aromatic nitrogens is 4. The minimum atomic E-state index is -3.24. The first-order valence-electron chi connectivity index (χ1n) is 9.01. The molecule has 0 spiro atoms. The third kappa shape index (κ3) is 4.42. The number of pyridine rings is 2. The molecule has 0 atom stereocenters. The molecule has 0 aliphatic carbocycles. The lowest BCUT2D eigenvalue weighted by Crippen LogP contribution is -1.98. The average molecular weight is 415 g/mol. The lowest BCUT2D eigenvalue weighted by atomic mass is 10.1. The topological polar surface area (TPSA) is 97.7 Å². The first kappa shape index (κ1) is 19.5. The van der Waals surface area contributed by atoms with Crippen molar-refractivity contribution in [2.75, 3.05) is 11.6 Å². The molecule has 148 valence electrons. The van der Waals surface area contributed by atoms with Crippen LogP contribution in [0, 0.1) is 18.8 Å². The number of aryl methyl sites for hydroxylation is 1. The maximum Gasteiger partial charge on any atom is 0.175 e. The SMILES string of the molecule is Cc1cnc(C#Cc2nccc3cnc(Nc4ccc(S(C)(=O)=O)cc4)cc23)cn1. The zero-order valence-corrected chi connectivity index (χ0v) is 17.1. The Hall–Kier alpha value is -3.83. The van der Waals surface area contributed by atoms with Crippen LogP contribution in [0.2, 0.25) is 0 Å². The van der Waals surface area contributed by atoms with Crippen LogP contribution in [0.4, 0.5) is 11.5 Å².